The van der Waals surface area contributed by atoms with Crippen LogP contribution >= 0.6 is 15.9 Å². The molecule has 0 aliphatic rings. The van der Waals surface area contributed by atoms with Gasteiger partial charge in [0.2, 0.25) is 0 Å². The Bertz CT molecular complexity index is 1250. The van der Waals surface area contributed by atoms with E-state index in [2.05, 4.69) is 36.5 Å². The molecule has 0 saturated heterocycles. The molecule has 1 N–H and O–H groups in total. The zero-order valence-corrected chi connectivity index (χ0v) is 20.7. The number of nitrogens with zero attached hydrogens (tertiary/aromatic N) is 6. The van der Waals surface area contributed by atoms with Crippen molar-refractivity contribution < 1.29 is 9.53 Å². The molecule has 0 radical (unpaired) electrons. The summed E-state index contributed by atoms with van der Waals surface area (Å²) in [6.45, 7) is 3.30. The molecular weight excluding hydrogens is 498 g/mol. The van der Waals surface area contributed by atoms with E-state index in [0.29, 0.717) is 29.7 Å². The van der Waals surface area contributed by atoms with Crippen LogP contribution in [0.1, 0.15) is 35.9 Å². The summed E-state index contributed by atoms with van der Waals surface area (Å²) in [4.78, 5) is 19.1. The fourth-order valence-corrected chi connectivity index (χ4v) is 3.73. The number of benzene rings is 2. The first kappa shape index (κ1) is 23.6. The molecule has 1 amide bonds. The van der Waals surface area contributed by atoms with Crippen molar-refractivity contribution in [3.05, 3.63) is 70.7 Å². The van der Waals surface area contributed by atoms with Gasteiger partial charge in [0.1, 0.15) is 10.4 Å². The third kappa shape index (κ3) is 5.69. The minimum atomic E-state index is -0.122. The first-order valence-corrected chi connectivity index (χ1v) is 11.9. The number of carbonyl (C=O) groups is 1. The molecule has 9 nitrogen and oxygen atoms in total. The molecule has 0 spiro atoms. The number of hydrogen-bond acceptors (Lipinski definition) is 6. The lowest BCUT2D eigenvalue weighted by Gasteiger charge is -2.09. The van der Waals surface area contributed by atoms with Gasteiger partial charge in [0.15, 0.2) is 11.6 Å². The van der Waals surface area contributed by atoms with Crippen molar-refractivity contribution in [3.8, 4) is 22.8 Å². The number of aryl methyl sites for hydroxylation is 2. The van der Waals surface area contributed by atoms with Crippen LogP contribution in [0.15, 0.2) is 59.3 Å². The van der Waals surface area contributed by atoms with E-state index in [0.717, 1.165) is 41.5 Å². The number of hydrogen-bond donors (Lipinski definition) is 1. The summed E-state index contributed by atoms with van der Waals surface area (Å²) in [5.74, 6) is 2.11. The van der Waals surface area contributed by atoms with Crippen LogP contribution in [0.5, 0.6) is 5.75 Å². The average Bonchev–Trinajstić information content (AvgIpc) is 3.50. The summed E-state index contributed by atoms with van der Waals surface area (Å²) < 4.78 is 7.76. The Balaban J connectivity index is 1.44. The maximum Gasteiger partial charge on any atom is 0.251 e. The smallest absolute Gasteiger partial charge is 0.251 e. The predicted molar refractivity (Wildman–Crippen MR) is 132 cm³/mol. The van der Waals surface area contributed by atoms with Gasteiger partial charge in [-0.3, -0.25) is 4.79 Å². The molecule has 2 aromatic heterocycles. The number of aromatic nitrogens is 6. The van der Waals surface area contributed by atoms with E-state index in [4.69, 9.17) is 9.72 Å². The first-order valence-electron chi connectivity index (χ1n) is 11.1. The summed E-state index contributed by atoms with van der Waals surface area (Å²) >= 11 is 3.28. The summed E-state index contributed by atoms with van der Waals surface area (Å²) in [5, 5.41) is 16.0. The molecule has 0 saturated carbocycles. The molecule has 0 atom stereocenters. The summed E-state index contributed by atoms with van der Waals surface area (Å²) in [5.41, 5.74) is 2.27. The fraction of sp³-hybridized carbons (Fsp3) is 0.292. The molecule has 10 heteroatoms. The Morgan fingerprint density at radius 3 is 2.65 bits per heavy atom. The van der Waals surface area contributed by atoms with E-state index in [-0.39, 0.29) is 5.91 Å². The van der Waals surface area contributed by atoms with Gasteiger partial charge in [0.25, 0.3) is 5.91 Å². The van der Waals surface area contributed by atoms with Crippen LogP contribution < -0.4 is 10.1 Å². The van der Waals surface area contributed by atoms with E-state index < -0.39 is 0 Å². The lowest BCUT2D eigenvalue weighted by molar-refractivity contribution is 0.0952. The summed E-state index contributed by atoms with van der Waals surface area (Å²) in [6, 6.07) is 15.1. The maximum absolute atomic E-state index is 12.7. The standard InChI is InChI=1S/C24H26BrN7O2/c1-3-22-28-23(17-9-11-20(34-2)12-10-17)32(30-22)19-8-6-7-18(15-19)24(33)26-13-4-5-14-31-27-16-21(25)29-31/h6-12,15-16H,3-5,13-14H2,1-2H3,(H,26,33). The quantitative estimate of drug-likeness (QED) is 0.314. The second-order valence-corrected chi connectivity index (χ2v) is 8.43. The van der Waals surface area contributed by atoms with E-state index in [1.54, 1.807) is 28.9 Å². The normalized spacial score (nSPS) is 10.9. The van der Waals surface area contributed by atoms with Crippen LogP contribution in [-0.2, 0) is 13.0 Å². The molecular formula is C24H26BrN7O2. The Morgan fingerprint density at radius 1 is 1.12 bits per heavy atom. The zero-order chi connectivity index (χ0) is 23.9. The molecule has 34 heavy (non-hydrogen) atoms. The topological polar surface area (TPSA) is 99.8 Å². The minimum absolute atomic E-state index is 0.122. The lowest BCUT2D eigenvalue weighted by atomic mass is 10.1. The van der Waals surface area contributed by atoms with Crippen LogP contribution in [0, 0.1) is 0 Å². The number of halogens is 1. The SMILES string of the molecule is CCc1nc(-c2ccc(OC)cc2)n(-c2cccc(C(=O)NCCCCn3ncc(Br)n3)c2)n1. The molecule has 2 aromatic carbocycles. The highest BCUT2D eigenvalue weighted by atomic mass is 79.9. The molecule has 2 heterocycles. The van der Waals surface area contributed by atoms with E-state index >= 15 is 0 Å². The van der Waals surface area contributed by atoms with Gasteiger partial charge in [-0.1, -0.05) is 13.0 Å². The molecule has 0 bridgehead atoms. The molecule has 176 valence electrons. The fourth-order valence-electron chi connectivity index (χ4n) is 3.46. The number of nitrogens with one attached hydrogen (secondary N) is 1. The molecule has 0 fully saturated rings. The van der Waals surface area contributed by atoms with E-state index in [1.165, 1.54) is 0 Å². The van der Waals surface area contributed by atoms with Crippen molar-refractivity contribution in [2.24, 2.45) is 0 Å². The highest BCUT2D eigenvalue weighted by Gasteiger charge is 2.15. The van der Waals surface area contributed by atoms with Crippen LogP contribution in [0.2, 0.25) is 0 Å². The molecule has 4 rings (SSSR count). The van der Waals surface area contributed by atoms with Crippen molar-refractivity contribution in [2.75, 3.05) is 13.7 Å². The number of methoxy groups -OCH3 is 1. The first-order chi connectivity index (χ1) is 16.6. The largest absolute Gasteiger partial charge is 0.497 e. The van der Waals surface area contributed by atoms with Gasteiger partial charge in [0.05, 0.1) is 25.5 Å². The second kappa shape index (κ2) is 11.1. The molecule has 0 aliphatic heterocycles. The second-order valence-electron chi connectivity index (χ2n) is 7.62. The Kier molecular flexibility index (Phi) is 7.69. The van der Waals surface area contributed by atoms with Gasteiger partial charge in [-0.15, -0.1) is 5.10 Å². The maximum atomic E-state index is 12.7. The van der Waals surface area contributed by atoms with Crippen LogP contribution in [-0.4, -0.2) is 49.3 Å². The van der Waals surface area contributed by atoms with Gasteiger partial charge in [-0.2, -0.15) is 15.0 Å². The van der Waals surface area contributed by atoms with E-state index in [9.17, 15) is 4.79 Å². The Labute approximate surface area is 206 Å². The number of ether oxygens (including phenoxy) is 1. The van der Waals surface area contributed by atoms with Crippen molar-refractivity contribution in [1.29, 1.82) is 0 Å². The van der Waals surface area contributed by atoms with Gasteiger partial charge < -0.3 is 10.1 Å². The van der Waals surface area contributed by atoms with Crippen molar-refractivity contribution in [1.82, 2.24) is 35.1 Å². The zero-order valence-electron chi connectivity index (χ0n) is 19.1. The van der Waals surface area contributed by atoms with Crippen molar-refractivity contribution in [3.63, 3.8) is 0 Å². The van der Waals surface area contributed by atoms with Crippen molar-refractivity contribution in [2.45, 2.75) is 32.7 Å². The third-order valence-corrected chi connectivity index (χ3v) is 5.61. The van der Waals surface area contributed by atoms with Gasteiger partial charge in [-0.05, 0) is 71.2 Å². The summed E-state index contributed by atoms with van der Waals surface area (Å²) in [7, 11) is 1.64. The van der Waals surface area contributed by atoms with Crippen LogP contribution in [0.25, 0.3) is 17.1 Å². The number of rotatable bonds is 10. The molecule has 0 aliphatic carbocycles. The van der Waals surface area contributed by atoms with Crippen LogP contribution in [0.3, 0.4) is 0 Å². The van der Waals surface area contributed by atoms with Gasteiger partial charge in [-0.25, -0.2) is 9.67 Å². The van der Waals surface area contributed by atoms with Gasteiger partial charge >= 0.3 is 0 Å². The van der Waals surface area contributed by atoms with Crippen LogP contribution in [0.4, 0.5) is 0 Å². The highest BCUT2D eigenvalue weighted by Crippen LogP contribution is 2.24. The Morgan fingerprint density at radius 2 is 1.94 bits per heavy atom. The minimum Gasteiger partial charge on any atom is -0.497 e. The molecule has 4 aromatic rings. The Hall–Kier alpha value is -3.53. The number of unbranched alkanes of at least 4 members (excludes halogenated alkanes) is 1. The lowest BCUT2D eigenvalue weighted by Crippen LogP contribution is -2.24. The third-order valence-electron chi connectivity index (χ3n) is 5.25. The van der Waals surface area contributed by atoms with Gasteiger partial charge in [0, 0.05) is 24.1 Å². The summed E-state index contributed by atoms with van der Waals surface area (Å²) in [6.07, 6.45) is 4.06. The van der Waals surface area contributed by atoms with Crippen molar-refractivity contribution >= 4 is 21.8 Å². The number of amides is 1. The average molecular weight is 524 g/mol. The highest BCUT2D eigenvalue weighted by molar-refractivity contribution is 9.10. The molecule has 0 unspecified atom stereocenters. The predicted octanol–water partition coefficient (Wildman–Crippen LogP) is 4.07. The number of carbonyl (C=O) groups excluding carboxylic acids is 1. The van der Waals surface area contributed by atoms with E-state index in [1.807, 2.05) is 49.4 Å². The monoisotopic (exact) mass is 523 g/mol.